The molecule has 1 aliphatic rings. The molecule has 22 heavy (non-hydrogen) atoms. The van der Waals surface area contributed by atoms with Crippen molar-refractivity contribution in [3.05, 3.63) is 29.8 Å². The molecule has 2 N–H and O–H groups in total. The number of halogens is 1. The first kappa shape index (κ1) is 19.1. The second-order valence-electron chi connectivity index (χ2n) is 6.10. The molecule has 0 spiro atoms. The molecule has 0 amide bonds. The second kappa shape index (κ2) is 9.92. The molecule has 0 aliphatic heterocycles. The van der Waals surface area contributed by atoms with Gasteiger partial charge in [0, 0.05) is 20.1 Å². The summed E-state index contributed by atoms with van der Waals surface area (Å²) in [6, 6.07) is 8.23. The van der Waals surface area contributed by atoms with Gasteiger partial charge in [0.1, 0.15) is 5.75 Å². The summed E-state index contributed by atoms with van der Waals surface area (Å²) in [7, 11) is 1.81. The largest absolute Gasteiger partial charge is 0.493 e. The minimum atomic E-state index is 0. The topological polar surface area (TPSA) is 45.7 Å². The average Bonchev–Trinajstić information content (AvgIpc) is 3.30. The van der Waals surface area contributed by atoms with Crippen LogP contribution in [0.15, 0.2) is 29.3 Å². The van der Waals surface area contributed by atoms with Gasteiger partial charge in [-0.05, 0) is 42.4 Å². The monoisotopic (exact) mass is 417 g/mol. The van der Waals surface area contributed by atoms with Crippen LogP contribution in [0, 0.1) is 11.8 Å². The molecule has 2 rings (SSSR count). The molecule has 1 fully saturated rings. The van der Waals surface area contributed by atoms with Gasteiger partial charge in [-0.25, -0.2) is 0 Å². The molecule has 5 heteroatoms. The van der Waals surface area contributed by atoms with Crippen LogP contribution in [-0.4, -0.2) is 26.2 Å². The van der Waals surface area contributed by atoms with Gasteiger partial charge >= 0.3 is 0 Å². The van der Waals surface area contributed by atoms with Gasteiger partial charge in [0.25, 0.3) is 0 Å². The Morgan fingerprint density at radius 1 is 1.32 bits per heavy atom. The van der Waals surface area contributed by atoms with E-state index in [4.69, 9.17) is 4.74 Å². The first-order valence-corrected chi connectivity index (χ1v) is 7.83. The third-order valence-corrected chi connectivity index (χ3v) is 3.42. The lowest BCUT2D eigenvalue weighted by Gasteiger charge is -2.13. The van der Waals surface area contributed by atoms with E-state index in [-0.39, 0.29) is 24.0 Å². The molecule has 0 aromatic heterocycles. The van der Waals surface area contributed by atoms with Crippen molar-refractivity contribution in [1.82, 2.24) is 10.6 Å². The minimum absolute atomic E-state index is 0. The number of rotatable bonds is 7. The number of ether oxygens (including phenoxy) is 1. The van der Waals surface area contributed by atoms with Gasteiger partial charge in [-0.3, -0.25) is 4.99 Å². The van der Waals surface area contributed by atoms with E-state index in [9.17, 15) is 0 Å². The molecule has 0 radical (unpaired) electrons. The average molecular weight is 417 g/mol. The van der Waals surface area contributed by atoms with Gasteiger partial charge in [-0.2, -0.15) is 0 Å². The smallest absolute Gasteiger partial charge is 0.191 e. The highest BCUT2D eigenvalue weighted by atomic mass is 127. The van der Waals surface area contributed by atoms with E-state index < -0.39 is 0 Å². The summed E-state index contributed by atoms with van der Waals surface area (Å²) in [5, 5.41) is 6.71. The Morgan fingerprint density at radius 3 is 2.73 bits per heavy atom. The highest BCUT2D eigenvalue weighted by molar-refractivity contribution is 14.0. The van der Waals surface area contributed by atoms with Crippen LogP contribution >= 0.6 is 24.0 Å². The van der Waals surface area contributed by atoms with E-state index in [1.165, 1.54) is 18.4 Å². The molecule has 1 aromatic carbocycles. The molecule has 0 unspecified atom stereocenters. The van der Waals surface area contributed by atoms with Crippen LogP contribution in [-0.2, 0) is 6.54 Å². The van der Waals surface area contributed by atoms with Crippen molar-refractivity contribution in [2.24, 2.45) is 16.8 Å². The third kappa shape index (κ3) is 7.33. The molecule has 1 aliphatic carbocycles. The highest BCUT2D eigenvalue weighted by Gasteiger charge is 2.20. The van der Waals surface area contributed by atoms with Crippen LogP contribution in [0.3, 0.4) is 0 Å². The molecular formula is C17H28IN3O. The Morgan fingerprint density at radius 2 is 2.09 bits per heavy atom. The summed E-state index contributed by atoms with van der Waals surface area (Å²) in [4.78, 5) is 4.25. The zero-order valence-corrected chi connectivity index (χ0v) is 16.1. The Kier molecular flexibility index (Phi) is 8.60. The number of hydrogen-bond donors (Lipinski definition) is 2. The van der Waals surface area contributed by atoms with Gasteiger partial charge in [0.05, 0.1) is 6.61 Å². The quantitative estimate of drug-likeness (QED) is 0.406. The Balaban J connectivity index is 0.00000242. The predicted octanol–water partition coefficient (Wildman–Crippen LogP) is 3.41. The van der Waals surface area contributed by atoms with Gasteiger partial charge in [-0.15, -0.1) is 24.0 Å². The lowest BCUT2D eigenvalue weighted by atomic mass is 10.2. The lowest BCUT2D eigenvalue weighted by Crippen LogP contribution is -2.37. The molecule has 0 bridgehead atoms. The van der Waals surface area contributed by atoms with Crippen LogP contribution in [0.25, 0.3) is 0 Å². The van der Waals surface area contributed by atoms with Crippen molar-refractivity contribution < 1.29 is 4.74 Å². The van der Waals surface area contributed by atoms with Crippen LogP contribution in [0.4, 0.5) is 0 Å². The third-order valence-electron chi connectivity index (χ3n) is 3.42. The highest BCUT2D eigenvalue weighted by Crippen LogP contribution is 2.27. The maximum Gasteiger partial charge on any atom is 0.191 e. The molecule has 1 saturated carbocycles. The second-order valence-corrected chi connectivity index (χ2v) is 6.10. The molecule has 1 aromatic rings. The Labute approximate surface area is 151 Å². The molecular weight excluding hydrogens is 389 g/mol. The first-order valence-electron chi connectivity index (χ1n) is 7.83. The van der Waals surface area contributed by atoms with Crippen molar-refractivity contribution in [2.75, 3.05) is 20.2 Å². The maximum absolute atomic E-state index is 5.75. The minimum Gasteiger partial charge on any atom is -0.493 e. The SMILES string of the molecule is CN=C(NCc1cccc(OCC(C)C)c1)NCC1CC1.I. The van der Waals surface area contributed by atoms with Crippen molar-refractivity contribution in [3.63, 3.8) is 0 Å². The van der Waals surface area contributed by atoms with Crippen molar-refractivity contribution in [2.45, 2.75) is 33.2 Å². The predicted molar refractivity (Wildman–Crippen MR) is 103 cm³/mol. The zero-order valence-electron chi connectivity index (χ0n) is 13.8. The summed E-state index contributed by atoms with van der Waals surface area (Å²) < 4.78 is 5.75. The van der Waals surface area contributed by atoms with Crippen LogP contribution in [0.5, 0.6) is 5.75 Å². The maximum atomic E-state index is 5.75. The van der Waals surface area contributed by atoms with E-state index in [1.54, 1.807) is 0 Å². The van der Waals surface area contributed by atoms with Crippen LogP contribution < -0.4 is 15.4 Å². The zero-order chi connectivity index (χ0) is 15.1. The number of guanidine groups is 1. The van der Waals surface area contributed by atoms with E-state index in [0.717, 1.165) is 37.3 Å². The molecule has 4 nitrogen and oxygen atoms in total. The number of nitrogens with one attached hydrogen (secondary N) is 2. The standard InChI is InChI=1S/C17H27N3O.HI/c1-13(2)12-21-16-6-4-5-15(9-16)11-20-17(18-3)19-10-14-7-8-14;/h4-6,9,13-14H,7-8,10-12H2,1-3H3,(H2,18,19,20);1H. The van der Waals surface area contributed by atoms with Crippen LogP contribution in [0.1, 0.15) is 32.3 Å². The summed E-state index contributed by atoms with van der Waals surface area (Å²) in [6.07, 6.45) is 2.69. The number of aliphatic imine (C=N–C) groups is 1. The van der Waals surface area contributed by atoms with Gasteiger partial charge < -0.3 is 15.4 Å². The van der Waals surface area contributed by atoms with Gasteiger partial charge in [0.2, 0.25) is 0 Å². The normalized spacial score (nSPS) is 14.5. The Hall–Kier alpha value is -0.980. The van der Waals surface area contributed by atoms with E-state index in [0.29, 0.717) is 5.92 Å². The molecule has 0 saturated heterocycles. The van der Waals surface area contributed by atoms with Gasteiger partial charge in [-0.1, -0.05) is 26.0 Å². The number of hydrogen-bond acceptors (Lipinski definition) is 2. The van der Waals surface area contributed by atoms with Gasteiger partial charge in [0.15, 0.2) is 5.96 Å². The summed E-state index contributed by atoms with van der Waals surface area (Å²) in [5.74, 6) is 3.19. The van der Waals surface area contributed by atoms with Crippen molar-refractivity contribution in [3.8, 4) is 5.75 Å². The van der Waals surface area contributed by atoms with E-state index in [1.807, 2.05) is 19.2 Å². The fraction of sp³-hybridized carbons (Fsp3) is 0.588. The molecule has 0 heterocycles. The summed E-state index contributed by atoms with van der Waals surface area (Å²) in [6.45, 7) is 6.84. The van der Waals surface area contributed by atoms with E-state index in [2.05, 4.69) is 41.6 Å². The van der Waals surface area contributed by atoms with Crippen molar-refractivity contribution in [1.29, 1.82) is 0 Å². The van der Waals surface area contributed by atoms with Crippen LogP contribution in [0.2, 0.25) is 0 Å². The van der Waals surface area contributed by atoms with E-state index >= 15 is 0 Å². The van der Waals surface area contributed by atoms with Crippen molar-refractivity contribution >= 4 is 29.9 Å². The Bertz CT molecular complexity index is 473. The number of benzene rings is 1. The summed E-state index contributed by atoms with van der Waals surface area (Å²) >= 11 is 0. The lowest BCUT2D eigenvalue weighted by molar-refractivity contribution is 0.271. The first-order chi connectivity index (χ1) is 10.2. The molecule has 0 atom stereocenters. The fourth-order valence-electron chi connectivity index (χ4n) is 1.98. The molecule has 124 valence electrons. The summed E-state index contributed by atoms with van der Waals surface area (Å²) in [5.41, 5.74) is 1.20. The fourth-order valence-corrected chi connectivity index (χ4v) is 1.98. The number of nitrogens with zero attached hydrogens (tertiary/aromatic N) is 1.